The van der Waals surface area contributed by atoms with Crippen LogP contribution in [0.25, 0.3) is 10.8 Å². The molecule has 2 aromatic carbocycles. The monoisotopic (exact) mass is 239 g/mol. The lowest BCUT2D eigenvalue weighted by Gasteiger charge is -2.20. The summed E-state index contributed by atoms with van der Waals surface area (Å²) < 4.78 is 5.75. The van der Waals surface area contributed by atoms with Crippen molar-refractivity contribution >= 4 is 10.8 Å². The summed E-state index contributed by atoms with van der Waals surface area (Å²) in [6.45, 7) is 0.533. The van der Waals surface area contributed by atoms with E-state index in [1.54, 1.807) is 6.07 Å². The lowest BCUT2D eigenvalue weighted by atomic mass is 9.89. The topological polar surface area (TPSA) is 53.2 Å². The van der Waals surface area contributed by atoms with Gasteiger partial charge in [-0.25, -0.2) is 0 Å². The maximum Gasteiger partial charge on any atom is 0.180 e. The highest BCUT2D eigenvalue weighted by Gasteiger charge is 2.34. The summed E-state index contributed by atoms with van der Waals surface area (Å²) in [6.07, 6.45) is 1.09. The Morgan fingerprint density at radius 2 is 2.06 bits per heavy atom. The number of fused-ring (bicyclic) bond motifs is 3. The smallest absolute Gasteiger partial charge is 0.180 e. The maximum atomic E-state index is 10.4. The fraction of sp³-hybridized carbons (Fsp3) is 0.267. The van der Waals surface area contributed by atoms with Crippen LogP contribution in [0.2, 0.25) is 0 Å². The molecule has 0 aliphatic carbocycles. The number of aliphatic hydroxyl groups is 1. The van der Waals surface area contributed by atoms with Crippen LogP contribution in [0.4, 0.5) is 0 Å². The molecule has 0 amide bonds. The zero-order valence-electron chi connectivity index (χ0n) is 9.89. The van der Waals surface area contributed by atoms with Gasteiger partial charge in [0.1, 0.15) is 11.8 Å². The van der Waals surface area contributed by atoms with Crippen LogP contribution in [-0.2, 0) is 5.60 Å². The number of nitriles is 1. The van der Waals surface area contributed by atoms with Gasteiger partial charge in [0.15, 0.2) is 5.60 Å². The Kier molecular flexibility index (Phi) is 2.46. The third-order valence-electron chi connectivity index (χ3n) is 3.44. The van der Waals surface area contributed by atoms with Crippen LogP contribution in [0.3, 0.4) is 0 Å². The summed E-state index contributed by atoms with van der Waals surface area (Å²) in [7, 11) is 0. The fourth-order valence-corrected chi connectivity index (χ4v) is 2.48. The van der Waals surface area contributed by atoms with E-state index in [0.29, 0.717) is 30.8 Å². The summed E-state index contributed by atoms with van der Waals surface area (Å²) in [6, 6.07) is 13.6. The molecule has 1 heterocycles. The van der Waals surface area contributed by atoms with Gasteiger partial charge in [0.2, 0.25) is 0 Å². The van der Waals surface area contributed by atoms with Crippen molar-refractivity contribution in [3.05, 3.63) is 42.0 Å². The molecule has 0 aromatic heterocycles. The molecule has 0 spiro atoms. The molecule has 0 bridgehead atoms. The molecule has 3 heteroatoms. The molecule has 0 saturated heterocycles. The minimum absolute atomic E-state index is 0.412. The summed E-state index contributed by atoms with van der Waals surface area (Å²) in [4.78, 5) is 0. The maximum absolute atomic E-state index is 10.4. The first kappa shape index (κ1) is 11.1. The predicted octanol–water partition coefficient (Wildman–Crippen LogP) is 2.72. The van der Waals surface area contributed by atoms with E-state index in [1.165, 1.54) is 0 Å². The molecule has 2 aromatic rings. The molecule has 1 aliphatic rings. The van der Waals surface area contributed by atoms with Gasteiger partial charge in [-0.3, -0.25) is 0 Å². The molecule has 1 aliphatic heterocycles. The second kappa shape index (κ2) is 4.01. The quantitative estimate of drug-likeness (QED) is 0.719. The van der Waals surface area contributed by atoms with Crippen LogP contribution < -0.4 is 4.74 Å². The predicted molar refractivity (Wildman–Crippen MR) is 68.2 cm³/mol. The van der Waals surface area contributed by atoms with E-state index in [2.05, 4.69) is 0 Å². The molecule has 1 atom stereocenters. The average molecular weight is 239 g/mol. The first-order chi connectivity index (χ1) is 8.74. The highest BCUT2D eigenvalue weighted by atomic mass is 16.5. The van der Waals surface area contributed by atoms with Crippen molar-refractivity contribution in [3.8, 4) is 11.8 Å². The van der Waals surface area contributed by atoms with Crippen LogP contribution in [-0.4, -0.2) is 11.7 Å². The van der Waals surface area contributed by atoms with Crippen LogP contribution in [0.1, 0.15) is 18.4 Å². The van der Waals surface area contributed by atoms with Crippen molar-refractivity contribution in [3.63, 3.8) is 0 Å². The summed E-state index contributed by atoms with van der Waals surface area (Å²) in [5.41, 5.74) is -0.850. The molecule has 0 saturated carbocycles. The summed E-state index contributed by atoms with van der Waals surface area (Å²) >= 11 is 0. The van der Waals surface area contributed by atoms with Gasteiger partial charge >= 0.3 is 0 Å². The number of hydrogen-bond donors (Lipinski definition) is 1. The summed E-state index contributed by atoms with van der Waals surface area (Å²) in [5, 5.41) is 21.7. The average Bonchev–Trinajstić information content (AvgIpc) is 2.59. The third kappa shape index (κ3) is 1.54. The Labute approximate surface area is 105 Å². The molecule has 3 nitrogen and oxygen atoms in total. The van der Waals surface area contributed by atoms with Gasteiger partial charge in [0, 0.05) is 10.9 Å². The van der Waals surface area contributed by atoms with Gasteiger partial charge in [-0.05, 0) is 18.2 Å². The standard InChI is InChI=1S/C15H13NO2/c16-10-15(17)8-3-9-18-14-12-5-2-1-4-11(12)6-7-13(14)15/h1-2,4-7,17H,3,8-9H2. The first-order valence-corrected chi connectivity index (χ1v) is 6.03. The molecule has 1 N–H and O–H groups in total. The molecule has 90 valence electrons. The van der Waals surface area contributed by atoms with Crippen molar-refractivity contribution in [1.82, 2.24) is 0 Å². The minimum atomic E-state index is -1.43. The molecule has 0 radical (unpaired) electrons. The third-order valence-corrected chi connectivity index (χ3v) is 3.44. The van der Waals surface area contributed by atoms with Gasteiger partial charge in [-0.1, -0.05) is 36.4 Å². The van der Waals surface area contributed by atoms with Gasteiger partial charge in [0.05, 0.1) is 6.61 Å². The van der Waals surface area contributed by atoms with Crippen molar-refractivity contribution in [2.75, 3.05) is 6.61 Å². The first-order valence-electron chi connectivity index (χ1n) is 6.03. The second-order valence-electron chi connectivity index (χ2n) is 4.59. The van der Waals surface area contributed by atoms with Gasteiger partial charge in [-0.15, -0.1) is 0 Å². The van der Waals surface area contributed by atoms with Crippen molar-refractivity contribution < 1.29 is 9.84 Å². The van der Waals surface area contributed by atoms with Crippen molar-refractivity contribution in [1.29, 1.82) is 5.26 Å². The van der Waals surface area contributed by atoms with E-state index >= 15 is 0 Å². The number of hydrogen-bond acceptors (Lipinski definition) is 3. The highest BCUT2D eigenvalue weighted by molar-refractivity contribution is 5.90. The van der Waals surface area contributed by atoms with Gasteiger partial charge in [0.25, 0.3) is 0 Å². The normalized spacial score (nSPS) is 22.7. The van der Waals surface area contributed by atoms with E-state index in [1.807, 2.05) is 36.4 Å². The molecule has 1 unspecified atom stereocenters. The molecular weight excluding hydrogens is 226 g/mol. The second-order valence-corrected chi connectivity index (χ2v) is 4.59. The van der Waals surface area contributed by atoms with E-state index in [0.717, 1.165) is 10.8 Å². The Bertz CT molecular complexity index is 644. The van der Waals surface area contributed by atoms with E-state index in [9.17, 15) is 10.4 Å². The number of rotatable bonds is 0. The van der Waals surface area contributed by atoms with E-state index in [-0.39, 0.29) is 0 Å². The Hall–Kier alpha value is -2.05. The Morgan fingerprint density at radius 1 is 1.22 bits per heavy atom. The largest absolute Gasteiger partial charge is 0.492 e. The van der Waals surface area contributed by atoms with E-state index in [4.69, 9.17) is 4.74 Å². The number of nitrogens with zero attached hydrogens (tertiary/aromatic N) is 1. The van der Waals surface area contributed by atoms with Crippen molar-refractivity contribution in [2.24, 2.45) is 0 Å². The molecule has 18 heavy (non-hydrogen) atoms. The van der Waals surface area contributed by atoms with Crippen molar-refractivity contribution in [2.45, 2.75) is 18.4 Å². The molecular formula is C15H13NO2. The van der Waals surface area contributed by atoms with Crippen LogP contribution in [0.15, 0.2) is 36.4 Å². The number of benzene rings is 2. The SMILES string of the molecule is N#CC1(O)CCCOc2c1ccc1ccccc21. The minimum Gasteiger partial charge on any atom is -0.492 e. The molecule has 3 rings (SSSR count). The Balaban J connectivity index is 2.33. The van der Waals surface area contributed by atoms with Crippen LogP contribution >= 0.6 is 0 Å². The zero-order valence-corrected chi connectivity index (χ0v) is 9.89. The van der Waals surface area contributed by atoms with Gasteiger partial charge < -0.3 is 9.84 Å². The molecule has 0 fully saturated rings. The lowest BCUT2D eigenvalue weighted by molar-refractivity contribution is 0.0885. The fourth-order valence-electron chi connectivity index (χ4n) is 2.48. The summed E-state index contributed by atoms with van der Waals surface area (Å²) in [5.74, 6) is 0.648. The highest BCUT2D eigenvalue weighted by Crippen LogP contribution is 2.40. The van der Waals surface area contributed by atoms with Gasteiger partial charge in [-0.2, -0.15) is 5.26 Å². The van der Waals surface area contributed by atoms with E-state index < -0.39 is 5.60 Å². The van der Waals surface area contributed by atoms with Crippen LogP contribution in [0, 0.1) is 11.3 Å². The Morgan fingerprint density at radius 3 is 2.89 bits per heavy atom. The number of ether oxygens (including phenoxy) is 1. The zero-order chi connectivity index (χ0) is 12.6. The lowest BCUT2D eigenvalue weighted by Crippen LogP contribution is -2.22. The van der Waals surface area contributed by atoms with Crippen LogP contribution in [0.5, 0.6) is 5.75 Å².